The van der Waals surface area contributed by atoms with E-state index in [1.54, 1.807) is 0 Å². The SMILES string of the molecule is CCCCCOc1ccccc1CCC(C)N. The molecular weight excluding hydrogens is 210 g/mol. The summed E-state index contributed by atoms with van der Waals surface area (Å²) in [5.41, 5.74) is 7.07. The smallest absolute Gasteiger partial charge is 0.122 e. The van der Waals surface area contributed by atoms with E-state index in [1.807, 2.05) is 13.0 Å². The van der Waals surface area contributed by atoms with Gasteiger partial charge < -0.3 is 10.5 Å². The number of hydrogen-bond acceptors (Lipinski definition) is 2. The van der Waals surface area contributed by atoms with E-state index < -0.39 is 0 Å². The van der Waals surface area contributed by atoms with E-state index in [0.29, 0.717) is 0 Å². The molecule has 2 nitrogen and oxygen atoms in total. The minimum atomic E-state index is 0.253. The second kappa shape index (κ2) is 8.13. The van der Waals surface area contributed by atoms with Crippen LogP contribution in [0.1, 0.15) is 45.1 Å². The molecule has 0 aliphatic carbocycles. The number of unbranched alkanes of at least 4 members (excludes halogenated alkanes) is 2. The molecule has 1 aromatic carbocycles. The lowest BCUT2D eigenvalue weighted by atomic mass is 10.1. The highest BCUT2D eigenvalue weighted by Crippen LogP contribution is 2.20. The molecule has 0 saturated heterocycles. The molecule has 1 rings (SSSR count). The third kappa shape index (κ3) is 5.73. The van der Waals surface area contributed by atoms with Crippen LogP contribution in [0.4, 0.5) is 0 Å². The Morgan fingerprint density at radius 3 is 2.71 bits per heavy atom. The van der Waals surface area contributed by atoms with Crippen molar-refractivity contribution in [2.75, 3.05) is 6.61 Å². The average molecular weight is 235 g/mol. The summed E-state index contributed by atoms with van der Waals surface area (Å²) in [7, 11) is 0. The van der Waals surface area contributed by atoms with E-state index in [9.17, 15) is 0 Å². The van der Waals surface area contributed by atoms with Crippen LogP contribution in [0.25, 0.3) is 0 Å². The summed E-state index contributed by atoms with van der Waals surface area (Å²) in [5, 5.41) is 0. The standard InChI is InChI=1S/C15H25NO/c1-3-4-7-12-17-15-9-6-5-8-14(15)11-10-13(2)16/h5-6,8-9,13H,3-4,7,10-12,16H2,1-2H3. The third-order valence-corrected chi connectivity index (χ3v) is 2.85. The largest absolute Gasteiger partial charge is 0.493 e. The Balaban J connectivity index is 2.46. The van der Waals surface area contributed by atoms with Crippen LogP contribution >= 0.6 is 0 Å². The van der Waals surface area contributed by atoms with Gasteiger partial charge in [-0.2, -0.15) is 0 Å². The van der Waals surface area contributed by atoms with Gasteiger partial charge in [0.2, 0.25) is 0 Å². The number of ether oxygens (including phenoxy) is 1. The van der Waals surface area contributed by atoms with Gasteiger partial charge in [-0.3, -0.25) is 0 Å². The van der Waals surface area contributed by atoms with Gasteiger partial charge in [-0.1, -0.05) is 38.0 Å². The molecule has 17 heavy (non-hydrogen) atoms. The van der Waals surface area contributed by atoms with Gasteiger partial charge in [0.15, 0.2) is 0 Å². The van der Waals surface area contributed by atoms with Gasteiger partial charge in [0.25, 0.3) is 0 Å². The molecule has 0 spiro atoms. The molecule has 0 bridgehead atoms. The summed E-state index contributed by atoms with van der Waals surface area (Å²) in [4.78, 5) is 0. The topological polar surface area (TPSA) is 35.2 Å². The maximum Gasteiger partial charge on any atom is 0.122 e. The number of para-hydroxylation sites is 1. The summed E-state index contributed by atoms with van der Waals surface area (Å²) in [6.45, 7) is 5.07. The van der Waals surface area contributed by atoms with Crippen LogP contribution in [0.15, 0.2) is 24.3 Å². The average Bonchev–Trinajstić information content (AvgIpc) is 2.33. The van der Waals surface area contributed by atoms with Crippen LogP contribution in [0.2, 0.25) is 0 Å². The van der Waals surface area contributed by atoms with Gasteiger partial charge in [0.05, 0.1) is 6.61 Å². The molecule has 0 radical (unpaired) electrons. The van der Waals surface area contributed by atoms with Crippen molar-refractivity contribution in [2.45, 2.75) is 52.0 Å². The summed E-state index contributed by atoms with van der Waals surface area (Å²) >= 11 is 0. The molecule has 1 atom stereocenters. The van der Waals surface area contributed by atoms with E-state index in [2.05, 4.69) is 25.1 Å². The van der Waals surface area contributed by atoms with Crippen LogP contribution in [0.3, 0.4) is 0 Å². The minimum Gasteiger partial charge on any atom is -0.493 e. The first kappa shape index (κ1) is 14.0. The van der Waals surface area contributed by atoms with E-state index in [0.717, 1.165) is 31.6 Å². The van der Waals surface area contributed by atoms with Gasteiger partial charge in [0, 0.05) is 6.04 Å². The fourth-order valence-corrected chi connectivity index (χ4v) is 1.77. The van der Waals surface area contributed by atoms with E-state index in [-0.39, 0.29) is 6.04 Å². The predicted octanol–water partition coefficient (Wildman–Crippen LogP) is 3.54. The molecule has 0 saturated carbocycles. The van der Waals surface area contributed by atoms with E-state index in [1.165, 1.54) is 18.4 Å². The van der Waals surface area contributed by atoms with Crippen molar-refractivity contribution in [3.8, 4) is 5.75 Å². The van der Waals surface area contributed by atoms with Gasteiger partial charge in [0.1, 0.15) is 5.75 Å². The summed E-state index contributed by atoms with van der Waals surface area (Å²) in [6, 6.07) is 8.54. The van der Waals surface area contributed by atoms with Crippen molar-refractivity contribution in [2.24, 2.45) is 5.73 Å². The summed E-state index contributed by atoms with van der Waals surface area (Å²) < 4.78 is 5.83. The Kier molecular flexibility index (Phi) is 6.71. The lowest BCUT2D eigenvalue weighted by molar-refractivity contribution is 0.303. The Morgan fingerprint density at radius 1 is 1.24 bits per heavy atom. The molecule has 0 aromatic heterocycles. The Labute approximate surface area is 105 Å². The molecule has 0 aliphatic rings. The minimum absolute atomic E-state index is 0.253. The van der Waals surface area contributed by atoms with Crippen LogP contribution in [0.5, 0.6) is 5.75 Å². The molecule has 2 heteroatoms. The second-order valence-electron chi connectivity index (χ2n) is 4.68. The summed E-state index contributed by atoms with van der Waals surface area (Å²) in [5.74, 6) is 1.03. The molecule has 0 heterocycles. The highest BCUT2D eigenvalue weighted by molar-refractivity contribution is 5.33. The molecule has 96 valence electrons. The fourth-order valence-electron chi connectivity index (χ4n) is 1.77. The highest BCUT2D eigenvalue weighted by atomic mass is 16.5. The number of rotatable bonds is 8. The van der Waals surface area contributed by atoms with E-state index >= 15 is 0 Å². The Hall–Kier alpha value is -1.02. The monoisotopic (exact) mass is 235 g/mol. The van der Waals surface area contributed by atoms with Gasteiger partial charge in [-0.15, -0.1) is 0 Å². The Bertz CT molecular complexity index is 310. The first-order valence-corrected chi connectivity index (χ1v) is 6.70. The zero-order valence-corrected chi connectivity index (χ0v) is 11.1. The highest BCUT2D eigenvalue weighted by Gasteiger charge is 2.04. The van der Waals surface area contributed by atoms with Crippen LogP contribution in [-0.2, 0) is 6.42 Å². The molecule has 1 aromatic rings. The molecule has 0 amide bonds. The third-order valence-electron chi connectivity index (χ3n) is 2.85. The molecule has 0 fully saturated rings. The van der Waals surface area contributed by atoms with Crippen molar-refractivity contribution in [1.29, 1.82) is 0 Å². The molecule has 0 aliphatic heterocycles. The van der Waals surface area contributed by atoms with Crippen molar-refractivity contribution in [3.63, 3.8) is 0 Å². The van der Waals surface area contributed by atoms with Crippen molar-refractivity contribution >= 4 is 0 Å². The van der Waals surface area contributed by atoms with Gasteiger partial charge in [-0.25, -0.2) is 0 Å². The molecule has 1 unspecified atom stereocenters. The van der Waals surface area contributed by atoms with Crippen LogP contribution < -0.4 is 10.5 Å². The van der Waals surface area contributed by atoms with Crippen LogP contribution in [-0.4, -0.2) is 12.6 Å². The van der Waals surface area contributed by atoms with Gasteiger partial charge >= 0.3 is 0 Å². The van der Waals surface area contributed by atoms with E-state index in [4.69, 9.17) is 10.5 Å². The first-order chi connectivity index (χ1) is 8.24. The number of benzene rings is 1. The lowest BCUT2D eigenvalue weighted by Gasteiger charge is -2.12. The van der Waals surface area contributed by atoms with Crippen molar-refractivity contribution in [3.05, 3.63) is 29.8 Å². The zero-order chi connectivity index (χ0) is 12.5. The number of aryl methyl sites for hydroxylation is 1. The van der Waals surface area contributed by atoms with Gasteiger partial charge in [-0.05, 0) is 37.8 Å². The normalized spacial score (nSPS) is 12.4. The van der Waals surface area contributed by atoms with Crippen LogP contribution in [0, 0.1) is 0 Å². The first-order valence-electron chi connectivity index (χ1n) is 6.70. The molecule has 2 N–H and O–H groups in total. The maximum atomic E-state index is 5.83. The Morgan fingerprint density at radius 2 is 2.00 bits per heavy atom. The van der Waals surface area contributed by atoms with Crippen molar-refractivity contribution in [1.82, 2.24) is 0 Å². The number of nitrogens with two attached hydrogens (primary N) is 1. The zero-order valence-electron chi connectivity index (χ0n) is 11.1. The maximum absolute atomic E-state index is 5.83. The second-order valence-corrected chi connectivity index (χ2v) is 4.68. The fraction of sp³-hybridized carbons (Fsp3) is 0.600. The van der Waals surface area contributed by atoms with Crippen molar-refractivity contribution < 1.29 is 4.74 Å². The lowest BCUT2D eigenvalue weighted by Crippen LogP contribution is -2.15. The summed E-state index contributed by atoms with van der Waals surface area (Å²) in [6.07, 6.45) is 5.62. The quantitative estimate of drug-likeness (QED) is 0.699. The molecular formula is C15H25NO. The predicted molar refractivity (Wildman–Crippen MR) is 73.4 cm³/mol. The number of hydrogen-bond donors (Lipinski definition) is 1.